The van der Waals surface area contributed by atoms with Crippen LogP contribution >= 0.6 is 0 Å². The van der Waals surface area contributed by atoms with Gasteiger partial charge in [-0.25, -0.2) is 4.98 Å². The van der Waals surface area contributed by atoms with Crippen molar-refractivity contribution < 1.29 is 0 Å². The quantitative estimate of drug-likeness (QED) is 0.685. The number of nitrogens with two attached hydrogens (primary N) is 1. The lowest BCUT2D eigenvalue weighted by Gasteiger charge is -2.05. The molecule has 0 unspecified atom stereocenters. The summed E-state index contributed by atoms with van der Waals surface area (Å²) in [5.74, 6) is 0.631. The number of aryl methyl sites for hydroxylation is 3. The van der Waals surface area contributed by atoms with Crippen molar-refractivity contribution in [3.8, 4) is 0 Å². The number of fused-ring (bicyclic) bond motifs is 1. The van der Waals surface area contributed by atoms with Crippen molar-refractivity contribution in [2.75, 3.05) is 5.73 Å². The van der Waals surface area contributed by atoms with Crippen LogP contribution in [0.4, 0.5) is 5.82 Å². The van der Waals surface area contributed by atoms with Gasteiger partial charge in [-0.2, -0.15) is 9.61 Å². The summed E-state index contributed by atoms with van der Waals surface area (Å²) < 4.78 is 1.72. The minimum absolute atomic E-state index is 0.631. The van der Waals surface area contributed by atoms with Gasteiger partial charge in [-0.1, -0.05) is 0 Å². The number of imidazole rings is 1. The third kappa shape index (κ3) is 0.999. The van der Waals surface area contributed by atoms with Gasteiger partial charge in [0.2, 0.25) is 0 Å². The Morgan fingerprint density at radius 3 is 2.29 bits per heavy atom. The highest BCUT2D eigenvalue weighted by Crippen LogP contribution is 2.19. The van der Waals surface area contributed by atoms with Crippen LogP contribution in [0.1, 0.15) is 22.5 Å². The summed E-state index contributed by atoms with van der Waals surface area (Å²) in [7, 11) is 0. The second-order valence-corrected chi connectivity index (χ2v) is 3.65. The second kappa shape index (κ2) is 2.70. The lowest BCUT2D eigenvalue weighted by molar-refractivity contribution is 0.887. The van der Waals surface area contributed by atoms with Gasteiger partial charge >= 0.3 is 0 Å². The van der Waals surface area contributed by atoms with E-state index in [4.69, 9.17) is 5.73 Å². The van der Waals surface area contributed by atoms with Crippen molar-refractivity contribution >= 4 is 11.5 Å². The SMILES string of the molecule is Cc1nn2c(N)c(C)nc2c(C)c1C. The van der Waals surface area contributed by atoms with Gasteiger partial charge in [0.25, 0.3) is 0 Å². The molecule has 0 aliphatic rings. The summed E-state index contributed by atoms with van der Waals surface area (Å²) in [4.78, 5) is 4.39. The van der Waals surface area contributed by atoms with Crippen LogP contribution in [0.5, 0.6) is 0 Å². The van der Waals surface area contributed by atoms with E-state index in [9.17, 15) is 0 Å². The van der Waals surface area contributed by atoms with Crippen molar-refractivity contribution in [1.29, 1.82) is 0 Å². The standard InChI is InChI=1S/C10H14N4/c1-5-6(2)10-12-8(4)9(11)14(10)13-7(5)3/h11H2,1-4H3. The van der Waals surface area contributed by atoms with Gasteiger partial charge < -0.3 is 5.73 Å². The van der Waals surface area contributed by atoms with Crippen LogP contribution in [0.3, 0.4) is 0 Å². The molecule has 0 saturated carbocycles. The number of anilines is 1. The molecule has 2 rings (SSSR count). The van der Waals surface area contributed by atoms with Gasteiger partial charge in [-0.15, -0.1) is 0 Å². The number of rotatable bonds is 0. The Kier molecular flexibility index (Phi) is 1.74. The fraction of sp³-hybridized carbons (Fsp3) is 0.400. The maximum Gasteiger partial charge on any atom is 0.159 e. The lowest BCUT2D eigenvalue weighted by Crippen LogP contribution is -2.03. The summed E-state index contributed by atoms with van der Waals surface area (Å²) in [5.41, 5.74) is 10.9. The first-order valence-electron chi connectivity index (χ1n) is 4.61. The van der Waals surface area contributed by atoms with Crippen molar-refractivity contribution in [2.45, 2.75) is 27.7 Å². The van der Waals surface area contributed by atoms with Crippen LogP contribution in [-0.2, 0) is 0 Å². The normalized spacial score (nSPS) is 11.1. The number of aromatic nitrogens is 3. The predicted octanol–water partition coefficient (Wildman–Crippen LogP) is 1.55. The molecule has 2 aromatic rings. The minimum Gasteiger partial charge on any atom is -0.382 e. The van der Waals surface area contributed by atoms with Crippen LogP contribution in [0, 0.1) is 27.7 Å². The summed E-state index contributed by atoms with van der Waals surface area (Å²) in [6.07, 6.45) is 0. The Balaban J connectivity index is 2.98. The van der Waals surface area contributed by atoms with Crippen molar-refractivity contribution in [2.24, 2.45) is 0 Å². The van der Waals surface area contributed by atoms with Crippen LogP contribution in [0.15, 0.2) is 0 Å². The van der Waals surface area contributed by atoms with Gasteiger partial charge in [-0.05, 0) is 38.8 Å². The first kappa shape index (κ1) is 8.99. The molecule has 4 nitrogen and oxygen atoms in total. The number of hydrogen-bond donors (Lipinski definition) is 1. The Hall–Kier alpha value is -1.58. The molecule has 4 heteroatoms. The Morgan fingerprint density at radius 1 is 1.00 bits per heavy atom. The van der Waals surface area contributed by atoms with Crippen LogP contribution in [0.2, 0.25) is 0 Å². The fourth-order valence-electron chi connectivity index (χ4n) is 1.54. The zero-order valence-corrected chi connectivity index (χ0v) is 8.92. The van der Waals surface area contributed by atoms with E-state index in [0.29, 0.717) is 5.82 Å². The van der Waals surface area contributed by atoms with Crippen molar-refractivity contribution in [1.82, 2.24) is 14.6 Å². The molecule has 0 amide bonds. The Labute approximate surface area is 82.8 Å². The van der Waals surface area contributed by atoms with E-state index in [0.717, 1.165) is 22.6 Å². The first-order valence-corrected chi connectivity index (χ1v) is 4.61. The fourth-order valence-corrected chi connectivity index (χ4v) is 1.54. The van der Waals surface area contributed by atoms with Gasteiger partial charge in [0.1, 0.15) is 5.82 Å². The third-order valence-electron chi connectivity index (χ3n) is 2.76. The average molecular weight is 190 g/mol. The van der Waals surface area contributed by atoms with Gasteiger partial charge in [0.15, 0.2) is 5.65 Å². The molecule has 0 aromatic carbocycles. The molecule has 0 fully saturated rings. The topological polar surface area (TPSA) is 56.2 Å². The highest BCUT2D eigenvalue weighted by molar-refractivity contribution is 5.58. The molecule has 2 aromatic heterocycles. The van der Waals surface area contributed by atoms with Crippen molar-refractivity contribution in [3.05, 3.63) is 22.5 Å². The zero-order chi connectivity index (χ0) is 10.5. The molecule has 0 bridgehead atoms. The van der Waals surface area contributed by atoms with E-state index in [2.05, 4.69) is 17.0 Å². The highest BCUT2D eigenvalue weighted by atomic mass is 15.3. The van der Waals surface area contributed by atoms with Crippen molar-refractivity contribution in [3.63, 3.8) is 0 Å². The molecular formula is C10H14N4. The third-order valence-corrected chi connectivity index (χ3v) is 2.76. The number of nitrogens with zero attached hydrogens (tertiary/aromatic N) is 3. The highest BCUT2D eigenvalue weighted by Gasteiger charge is 2.11. The monoisotopic (exact) mass is 190 g/mol. The summed E-state index contributed by atoms with van der Waals surface area (Å²) >= 11 is 0. The van der Waals surface area contributed by atoms with E-state index in [-0.39, 0.29) is 0 Å². The van der Waals surface area contributed by atoms with Gasteiger partial charge in [0, 0.05) is 0 Å². The molecule has 0 aliphatic heterocycles. The lowest BCUT2D eigenvalue weighted by atomic mass is 10.1. The maximum atomic E-state index is 5.86. The van der Waals surface area contributed by atoms with E-state index in [1.165, 1.54) is 5.56 Å². The molecule has 74 valence electrons. The molecule has 0 saturated heterocycles. The van der Waals surface area contributed by atoms with E-state index in [1.54, 1.807) is 4.52 Å². The van der Waals surface area contributed by atoms with Crippen LogP contribution in [-0.4, -0.2) is 14.6 Å². The molecular weight excluding hydrogens is 176 g/mol. The Bertz CT molecular complexity index is 511. The van der Waals surface area contributed by atoms with E-state index in [1.807, 2.05) is 20.8 Å². The molecule has 2 N–H and O–H groups in total. The Morgan fingerprint density at radius 2 is 1.64 bits per heavy atom. The smallest absolute Gasteiger partial charge is 0.159 e. The zero-order valence-electron chi connectivity index (χ0n) is 8.92. The first-order chi connectivity index (χ1) is 6.52. The van der Waals surface area contributed by atoms with Gasteiger partial charge in [-0.3, -0.25) is 0 Å². The van der Waals surface area contributed by atoms with Gasteiger partial charge in [0.05, 0.1) is 11.4 Å². The maximum absolute atomic E-state index is 5.86. The number of nitrogen functional groups attached to an aromatic ring is 1. The summed E-state index contributed by atoms with van der Waals surface area (Å²) in [5, 5.41) is 4.39. The molecule has 0 radical (unpaired) electrons. The molecule has 2 heterocycles. The predicted molar refractivity (Wildman–Crippen MR) is 56.3 cm³/mol. The van der Waals surface area contributed by atoms with Crippen LogP contribution in [0.25, 0.3) is 5.65 Å². The molecule has 0 spiro atoms. The second-order valence-electron chi connectivity index (χ2n) is 3.65. The van der Waals surface area contributed by atoms with E-state index < -0.39 is 0 Å². The summed E-state index contributed by atoms with van der Waals surface area (Å²) in [6.45, 7) is 7.98. The molecule has 0 atom stereocenters. The number of hydrogen-bond acceptors (Lipinski definition) is 3. The average Bonchev–Trinajstić information content (AvgIpc) is 2.42. The minimum atomic E-state index is 0.631. The molecule has 0 aliphatic carbocycles. The van der Waals surface area contributed by atoms with Crippen LogP contribution < -0.4 is 5.73 Å². The van der Waals surface area contributed by atoms with E-state index >= 15 is 0 Å². The largest absolute Gasteiger partial charge is 0.382 e. The summed E-state index contributed by atoms with van der Waals surface area (Å²) in [6, 6.07) is 0. The molecule has 14 heavy (non-hydrogen) atoms.